The summed E-state index contributed by atoms with van der Waals surface area (Å²) in [5, 5.41) is 5.75. The minimum atomic E-state index is -0.445. The third kappa shape index (κ3) is 5.01. The molecule has 1 aromatic carbocycles. The van der Waals surface area contributed by atoms with Crippen molar-refractivity contribution in [3.63, 3.8) is 0 Å². The van der Waals surface area contributed by atoms with E-state index in [1.165, 1.54) is 0 Å². The number of amides is 3. The van der Waals surface area contributed by atoms with E-state index in [9.17, 15) is 14.4 Å². The summed E-state index contributed by atoms with van der Waals surface area (Å²) in [6, 6.07) is 4.86. The summed E-state index contributed by atoms with van der Waals surface area (Å²) in [5.41, 5.74) is 0.644. The van der Waals surface area contributed by atoms with Crippen molar-refractivity contribution in [3.8, 4) is 0 Å². The summed E-state index contributed by atoms with van der Waals surface area (Å²) in [5.74, 6) is -1.25. The van der Waals surface area contributed by atoms with Gasteiger partial charge in [0.05, 0.1) is 17.7 Å². The van der Waals surface area contributed by atoms with Gasteiger partial charge in [0, 0.05) is 31.2 Å². The number of hydrogen-bond donors (Lipinski definition) is 2. The summed E-state index contributed by atoms with van der Waals surface area (Å²) >= 11 is 3.27. The molecule has 0 bridgehead atoms. The third-order valence-electron chi connectivity index (χ3n) is 3.34. The molecule has 0 fully saturated rings. The summed E-state index contributed by atoms with van der Waals surface area (Å²) in [6.07, 6.45) is 0. The SMILES string of the molecule is COCCNCCNC(=O)CN1C(=O)c2ccc(Br)cc2C1=O.Cl. The zero-order chi connectivity index (χ0) is 16.8. The van der Waals surface area contributed by atoms with Gasteiger partial charge in [-0.1, -0.05) is 15.9 Å². The Kier molecular flexibility index (Phi) is 8.34. The summed E-state index contributed by atoms with van der Waals surface area (Å²) in [6.45, 7) is 2.02. The first-order chi connectivity index (χ1) is 11.0. The van der Waals surface area contributed by atoms with E-state index in [4.69, 9.17) is 4.74 Å². The first-order valence-corrected chi connectivity index (χ1v) is 7.96. The minimum Gasteiger partial charge on any atom is -0.383 e. The topological polar surface area (TPSA) is 87.7 Å². The number of fused-ring (bicyclic) bond motifs is 1. The highest BCUT2D eigenvalue weighted by Crippen LogP contribution is 2.25. The predicted molar refractivity (Wildman–Crippen MR) is 94.5 cm³/mol. The molecule has 0 aromatic heterocycles. The molecule has 0 atom stereocenters. The number of halogens is 2. The normalized spacial score (nSPS) is 12.8. The van der Waals surface area contributed by atoms with Gasteiger partial charge >= 0.3 is 0 Å². The van der Waals surface area contributed by atoms with Crippen molar-refractivity contribution in [1.29, 1.82) is 0 Å². The second-order valence-corrected chi connectivity index (χ2v) is 5.89. The second-order valence-electron chi connectivity index (χ2n) is 4.98. The lowest BCUT2D eigenvalue weighted by atomic mass is 10.1. The second kappa shape index (κ2) is 9.73. The minimum absolute atomic E-state index is 0. The molecule has 7 nitrogen and oxygen atoms in total. The lowest BCUT2D eigenvalue weighted by Crippen LogP contribution is -2.42. The quantitative estimate of drug-likeness (QED) is 0.480. The predicted octanol–water partition coefficient (Wildman–Crippen LogP) is 0.819. The van der Waals surface area contributed by atoms with Gasteiger partial charge in [0.25, 0.3) is 11.8 Å². The Bertz CT molecular complexity index is 627. The van der Waals surface area contributed by atoms with Gasteiger partial charge in [-0.25, -0.2) is 0 Å². The summed E-state index contributed by atoms with van der Waals surface area (Å²) < 4.78 is 5.60. The van der Waals surface area contributed by atoms with E-state index >= 15 is 0 Å². The van der Waals surface area contributed by atoms with E-state index in [0.29, 0.717) is 41.8 Å². The van der Waals surface area contributed by atoms with Crippen LogP contribution in [-0.4, -0.2) is 62.5 Å². The van der Waals surface area contributed by atoms with Crippen LogP contribution in [0.5, 0.6) is 0 Å². The smallest absolute Gasteiger partial charge is 0.262 e. The number of imide groups is 1. The van der Waals surface area contributed by atoms with E-state index in [1.807, 2.05) is 0 Å². The van der Waals surface area contributed by atoms with E-state index < -0.39 is 11.8 Å². The van der Waals surface area contributed by atoms with Crippen molar-refractivity contribution < 1.29 is 19.1 Å². The Morgan fingerprint density at radius 3 is 2.58 bits per heavy atom. The van der Waals surface area contributed by atoms with Gasteiger partial charge in [0.15, 0.2) is 0 Å². The highest BCUT2D eigenvalue weighted by molar-refractivity contribution is 9.10. The first kappa shape index (κ1) is 20.6. The average molecular weight is 421 g/mol. The zero-order valence-electron chi connectivity index (χ0n) is 13.1. The van der Waals surface area contributed by atoms with Crippen molar-refractivity contribution in [2.24, 2.45) is 0 Å². The molecule has 0 radical (unpaired) electrons. The maximum Gasteiger partial charge on any atom is 0.262 e. The van der Waals surface area contributed by atoms with Crippen LogP contribution in [0.4, 0.5) is 0 Å². The number of hydrogen-bond acceptors (Lipinski definition) is 5. The van der Waals surface area contributed by atoms with E-state index in [-0.39, 0.29) is 24.9 Å². The molecule has 24 heavy (non-hydrogen) atoms. The Balaban J connectivity index is 0.00000288. The number of nitrogens with zero attached hydrogens (tertiary/aromatic N) is 1. The van der Waals surface area contributed by atoms with Gasteiger partial charge < -0.3 is 15.4 Å². The monoisotopic (exact) mass is 419 g/mol. The molecule has 1 aliphatic heterocycles. The standard InChI is InChI=1S/C15H18BrN3O4.ClH/c1-23-7-6-17-4-5-18-13(20)9-19-14(21)11-3-2-10(16)8-12(11)15(19)22;/h2-3,8,17H,4-7,9H2,1H3,(H,18,20);1H. The van der Waals surface area contributed by atoms with Crippen LogP contribution in [0.3, 0.4) is 0 Å². The number of carbonyl (C=O) groups is 3. The summed E-state index contributed by atoms with van der Waals surface area (Å²) in [7, 11) is 1.62. The third-order valence-corrected chi connectivity index (χ3v) is 3.83. The van der Waals surface area contributed by atoms with Crippen molar-refractivity contribution in [3.05, 3.63) is 33.8 Å². The first-order valence-electron chi connectivity index (χ1n) is 7.16. The van der Waals surface area contributed by atoms with Crippen LogP contribution in [-0.2, 0) is 9.53 Å². The molecular weight excluding hydrogens is 402 g/mol. The van der Waals surface area contributed by atoms with Crippen LogP contribution in [0, 0.1) is 0 Å². The van der Waals surface area contributed by atoms with Crippen LogP contribution in [0.2, 0.25) is 0 Å². The van der Waals surface area contributed by atoms with Crippen LogP contribution in [0.1, 0.15) is 20.7 Å². The number of nitrogens with one attached hydrogen (secondary N) is 2. The molecule has 2 N–H and O–H groups in total. The van der Waals surface area contributed by atoms with Gasteiger partial charge in [-0.05, 0) is 18.2 Å². The zero-order valence-corrected chi connectivity index (χ0v) is 15.5. The number of ether oxygens (including phenoxy) is 1. The van der Waals surface area contributed by atoms with Gasteiger partial charge in [0.2, 0.25) is 5.91 Å². The van der Waals surface area contributed by atoms with Gasteiger partial charge in [0.1, 0.15) is 6.54 Å². The Labute approximate surface area is 154 Å². The average Bonchev–Trinajstić information content (AvgIpc) is 2.75. The van der Waals surface area contributed by atoms with Gasteiger partial charge in [-0.3, -0.25) is 19.3 Å². The number of methoxy groups -OCH3 is 1. The van der Waals surface area contributed by atoms with Crippen molar-refractivity contribution in [2.75, 3.05) is 39.9 Å². The summed E-state index contributed by atoms with van der Waals surface area (Å²) in [4.78, 5) is 37.2. The molecule has 132 valence electrons. The molecule has 0 unspecified atom stereocenters. The molecule has 1 heterocycles. The molecule has 9 heteroatoms. The molecule has 0 aliphatic carbocycles. The van der Waals surface area contributed by atoms with E-state index in [0.717, 1.165) is 4.90 Å². The van der Waals surface area contributed by atoms with E-state index in [2.05, 4.69) is 26.6 Å². The van der Waals surface area contributed by atoms with Crippen LogP contribution >= 0.6 is 28.3 Å². The van der Waals surface area contributed by atoms with Gasteiger partial charge in [-0.15, -0.1) is 12.4 Å². The lowest BCUT2D eigenvalue weighted by Gasteiger charge is -2.13. The lowest BCUT2D eigenvalue weighted by molar-refractivity contribution is -0.121. The van der Waals surface area contributed by atoms with E-state index in [1.54, 1.807) is 25.3 Å². The van der Waals surface area contributed by atoms with Crippen molar-refractivity contribution in [1.82, 2.24) is 15.5 Å². The number of benzene rings is 1. The Morgan fingerprint density at radius 2 is 1.88 bits per heavy atom. The molecule has 3 amide bonds. The van der Waals surface area contributed by atoms with Crippen molar-refractivity contribution >= 4 is 46.1 Å². The molecule has 0 saturated carbocycles. The molecule has 1 aromatic rings. The largest absolute Gasteiger partial charge is 0.383 e. The molecule has 1 aliphatic rings. The Hall–Kier alpha value is -1.48. The highest BCUT2D eigenvalue weighted by atomic mass is 79.9. The van der Waals surface area contributed by atoms with Crippen LogP contribution < -0.4 is 10.6 Å². The van der Waals surface area contributed by atoms with Crippen molar-refractivity contribution in [2.45, 2.75) is 0 Å². The number of rotatable bonds is 8. The van der Waals surface area contributed by atoms with Crippen LogP contribution in [0.15, 0.2) is 22.7 Å². The fourth-order valence-electron chi connectivity index (χ4n) is 2.20. The maximum atomic E-state index is 12.2. The number of carbonyl (C=O) groups excluding carboxylic acids is 3. The fraction of sp³-hybridized carbons (Fsp3) is 0.400. The highest BCUT2D eigenvalue weighted by Gasteiger charge is 2.36. The molecule has 2 rings (SSSR count). The molecule has 0 saturated heterocycles. The van der Waals surface area contributed by atoms with Gasteiger partial charge in [-0.2, -0.15) is 0 Å². The fourth-order valence-corrected chi connectivity index (χ4v) is 2.56. The maximum absolute atomic E-state index is 12.2. The molecule has 0 spiro atoms. The molecular formula is C15H19BrClN3O4. The Morgan fingerprint density at radius 1 is 1.17 bits per heavy atom. The van der Waals surface area contributed by atoms with Crippen LogP contribution in [0.25, 0.3) is 0 Å².